The van der Waals surface area contributed by atoms with E-state index >= 15 is 0 Å². The molecule has 0 aliphatic carbocycles. The van der Waals surface area contributed by atoms with E-state index in [1.165, 1.54) is 12.1 Å². The van der Waals surface area contributed by atoms with Gasteiger partial charge in [0.25, 0.3) is 0 Å². The van der Waals surface area contributed by atoms with E-state index in [0.717, 1.165) is 22.0 Å². The molecule has 0 amide bonds. The lowest BCUT2D eigenvalue weighted by molar-refractivity contribution is 0.185. The Kier molecular flexibility index (Phi) is 3.44. The molecule has 2 aromatic rings. The summed E-state index contributed by atoms with van der Waals surface area (Å²) in [4.78, 5) is 1.14. The molecule has 3 rings (SSSR count). The molecule has 0 radical (unpaired) electrons. The molecule has 4 heteroatoms. The van der Waals surface area contributed by atoms with Gasteiger partial charge in [-0.3, -0.25) is 0 Å². The van der Waals surface area contributed by atoms with Crippen LogP contribution in [0.1, 0.15) is 11.6 Å². The minimum absolute atomic E-state index is 0.0923. The number of ether oxygens (including phenoxy) is 1. The van der Waals surface area contributed by atoms with E-state index in [4.69, 9.17) is 10.5 Å². The van der Waals surface area contributed by atoms with Crippen LogP contribution in [0.15, 0.2) is 53.4 Å². The fraction of sp³-hybridized carbons (Fsp3) is 0.200. The van der Waals surface area contributed by atoms with Crippen LogP contribution >= 0.6 is 11.8 Å². The smallest absolute Gasteiger partial charge is 0.133 e. The fourth-order valence-corrected chi connectivity index (χ4v) is 3.16. The summed E-state index contributed by atoms with van der Waals surface area (Å²) >= 11 is 1.74. The minimum atomic E-state index is -0.250. The second kappa shape index (κ2) is 5.23. The van der Waals surface area contributed by atoms with Crippen LogP contribution in [0.3, 0.4) is 0 Å². The van der Waals surface area contributed by atoms with Gasteiger partial charge in [-0.1, -0.05) is 24.3 Å². The van der Waals surface area contributed by atoms with Crippen LogP contribution in [-0.2, 0) is 0 Å². The van der Waals surface area contributed by atoms with Gasteiger partial charge in [-0.15, -0.1) is 11.8 Å². The highest BCUT2D eigenvalue weighted by Gasteiger charge is 2.26. The molecule has 19 heavy (non-hydrogen) atoms. The molecule has 2 nitrogen and oxygen atoms in total. The average molecular weight is 275 g/mol. The molecule has 2 atom stereocenters. The molecule has 1 aliphatic heterocycles. The van der Waals surface area contributed by atoms with Gasteiger partial charge in [0.2, 0.25) is 0 Å². The van der Waals surface area contributed by atoms with Crippen LogP contribution in [0.25, 0.3) is 0 Å². The zero-order chi connectivity index (χ0) is 13.2. The number of thioether (sulfide) groups is 1. The van der Waals surface area contributed by atoms with Crippen molar-refractivity contribution in [3.8, 4) is 5.75 Å². The number of rotatable bonds is 2. The SMILES string of the molecule is NC(c1ccc(F)cc1)C1CSc2ccccc2O1. The van der Waals surface area contributed by atoms with Crippen LogP contribution < -0.4 is 10.5 Å². The predicted octanol–water partition coefficient (Wildman–Crippen LogP) is 3.38. The normalized spacial score (nSPS) is 19.4. The first-order valence-corrected chi connectivity index (χ1v) is 7.12. The van der Waals surface area contributed by atoms with E-state index in [9.17, 15) is 4.39 Å². The lowest BCUT2D eigenvalue weighted by Crippen LogP contribution is -2.35. The number of fused-ring (bicyclic) bond motifs is 1. The molecule has 98 valence electrons. The molecule has 2 aromatic carbocycles. The van der Waals surface area contributed by atoms with Gasteiger partial charge in [0, 0.05) is 10.6 Å². The van der Waals surface area contributed by atoms with Crippen LogP contribution in [0, 0.1) is 5.82 Å². The van der Waals surface area contributed by atoms with Gasteiger partial charge in [-0.2, -0.15) is 0 Å². The number of halogens is 1. The topological polar surface area (TPSA) is 35.2 Å². The second-order valence-electron chi connectivity index (χ2n) is 4.49. The first-order chi connectivity index (χ1) is 9.24. The maximum Gasteiger partial charge on any atom is 0.133 e. The second-order valence-corrected chi connectivity index (χ2v) is 5.55. The Balaban J connectivity index is 1.79. The first-order valence-electron chi connectivity index (χ1n) is 6.13. The Labute approximate surface area is 115 Å². The summed E-state index contributed by atoms with van der Waals surface area (Å²) < 4.78 is 18.9. The quantitative estimate of drug-likeness (QED) is 0.912. The highest BCUT2D eigenvalue weighted by molar-refractivity contribution is 7.99. The van der Waals surface area contributed by atoms with Gasteiger partial charge in [-0.25, -0.2) is 4.39 Å². The third-order valence-corrected chi connectivity index (χ3v) is 4.33. The summed E-state index contributed by atoms with van der Waals surface area (Å²) in [5.74, 6) is 1.43. The van der Waals surface area contributed by atoms with Crippen molar-refractivity contribution in [1.82, 2.24) is 0 Å². The summed E-state index contributed by atoms with van der Waals surface area (Å²) in [6.07, 6.45) is -0.0923. The van der Waals surface area contributed by atoms with Gasteiger partial charge in [0.05, 0.1) is 6.04 Å². The van der Waals surface area contributed by atoms with Crippen molar-refractivity contribution in [3.63, 3.8) is 0 Å². The zero-order valence-corrected chi connectivity index (χ0v) is 11.1. The summed E-state index contributed by atoms with van der Waals surface area (Å²) in [6, 6.07) is 14.0. The molecule has 0 spiro atoms. The van der Waals surface area contributed by atoms with Crippen molar-refractivity contribution in [2.75, 3.05) is 5.75 Å². The fourth-order valence-electron chi connectivity index (χ4n) is 2.11. The Morgan fingerprint density at radius 1 is 1.16 bits per heavy atom. The maximum absolute atomic E-state index is 12.9. The lowest BCUT2D eigenvalue weighted by Gasteiger charge is -2.30. The zero-order valence-electron chi connectivity index (χ0n) is 10.3. The summed E-state index contributed by atoms with van der Waals surface area (Å²) in [7, 11) is 0. The molecular weight excluding hydrogens is 261 g/mol. The van der Waals surface area contributed by atoms with Crippen molar-refractivity contribution >= 4 is 11.8 Å². The van der Waals surface area contributed by atoms with Gasteiger partial charge in [0.1, 0.15) is 17.7 Å². The van der Waals surface area contributed by atoms with E-state index in [-0.39, 0.29) is 18.0 Å². The van der Waals surface area contributed by atoms with Gasteiger partial charge in [-0.05, 0) is 29.8 Å². The number of para-hydroxylation sites is 1. The van der Waals surface area contributed by atoms with Crippen LogP contribution in [0.2, 0.25) is 0 Å². The Morgan fingerprint density at radius 2 is 1.89 bits per heavy atom. The van der Waals surface area contributed by atoms with E-state index in [1.54, 1.807) is 23.9 Å². The van der Waals surface area contributed by atoms with Gasteiger partial charge in [0.15, 0.2) is 0 Å². The summed E-state index contributed by atoms with van der Waals surface area (Å²) in [5.41, 5.74) is 7.11. The number of nitrogens with two attached hydrogens (primary N) is 1. The molecule has 0 aromatic heterocycles. The molecule has 0 fully saturated rings. The van der Waals surface area contributed by atoms with Crippen molar-refractivity contribution in [2.24, 2.45) is 5.73 Å². The highest BCUT2D eigenvalue weighted by Crippen LogP contribution is 2.37. The Bertz CT molecular complexity index is 573. The standard InChI is InChI=1S/C15H14FNOS/c16-11-7-5-10(6-8-11)15(17)13-9-19-14-4-2-1-3-12(14)18-13/h1-8,13,15H,9,17H2. The molecule has 0 bridgehead atoms. The maximum atomic E-state index is 12.9. The van der Waals surface area contributed by atoms with Gasteiger partial charge >= 0.3 is 0 Å². The third-order valence-electron chi connectivity index (χ3n) is 3.19. The largest absolute Gasteiger partial charge is 0.486 e. The lowest BCUT2D eigenvalue weighted by atomic mass is 10.0. The number of hydrogen-bond acceptors (Lipinski definition) is 3. The van der Waals surface area contributed by atoms with Crippen molar-refractivity contribution < 1.29 is 9.13 Å². The molecule has 0 saturated heterocycles. The van der Waals surface area contributed by atoms with Crippen molar-refractivity contribution in [3.05, 3.63) is 59.9 Å². The molecular formula is C15H14FNOS. The Morgan fingerprint density at radius 3 is 2.68 bits per heavy atom. The summed E-state index contributed by atoms with van der Waals surface area (Å²) in [6.45, 7) is 0. The van der Waals surface area contributed by atoms with Crippen molar-refractivity contribution in [2.45, 2.75) is 17.0 Å². The predicted molar refractivity (Wildman–Crippen MR) is 74.9 cm³/mol. The van der Waals surface area contributed by atoms with E-state index in [1.807, 2.05) is 24.3 Å². The van der Waals surface area contributed by atoms with E-state index in [2.05, 4.69) is 0 Å². The monoisotopic (exact) mass is 275 g/mol. The number of hydrogen-bond donors (Lipinski definition) is 1. The molecule has 0 saturated carbocycles. The summed E-state index contributed by atoms with van der Waals surface area (Å²) in [5, 5.41) is 0. The van der Waals surface area contributed by atoms with E-state index in [0.29, 0.717) is 0 Å². The van der Waals surface area contributed by atoms with Crippen LogP contribution in [0.4, 0.5) is 4.39 Å². The minimum Gasteiger partial charge on any atom is -0.486 e. The molecule has 2 N–H and O–H groups in total. The van der Waals surface area contributed by atoms with Crippen molar-refractivity contribution in [1.29, 1.82) is 0 Å². The Hall–Kier alpha value is -1.52. The molecule has 2 unspecified atom stereocenters. The molecule has 1 aliphatic rings. The third kappa shape index (κ3) is 2.60. The number of benzene rings is 2. The van der Waals surface area contributed by atoms with Crippen LogP contribution in [0.5, 0.6) is 5.75 Å². The van der Waals surface area contributed by atoms with Gasteiger partial charge < -0.3 is 10.5 Å². The highest BCUT2D eigenvalue weighted by atomic mass is 32.2. The molecule has 1 heterocycles. The first kappa shape index (κ1) is 12.5. The van der Waals surface area contributed by atoms with Crippen LogP contribution in [-0.4, -0.2) is 11.9 Å². The van der Waals surface area contributed by atoms with E-state index < -0.39 is 0 Å². The average Bonchev–Trinajstić information content (AvgIpc) is 2.47.